The van der Waals surface area contributed by atoms with Crippen molar-refractivity contribution in [3.63, 3.8) is 0 Å². The molecular weight excluding hydrogens is 360 g/mol. The Labute approximate surface area is 189 Å². The smallest absolute Gasteiger partial charge is 0.00851 e. The molecule has 0 heterocycles. The summed E-state index contributed by atoms with van der Waals surface area (Å²) in [6.07, 6.45) is 19.0. The highest BCUT2D eigenvalue weighted by Crippen LogP contribution is 2.67. The van der Waals surface area contributed by atoms with Gasteiger partial charge in [-0.05, 0) is 110 Å². The molecule has 4 unspecified atom stereocenters. The molecule has 0 aliphatic heterocycles. The summed E-state index contributed by atoms with van der Waals surface area (Å²) in [5.74, 6) is 7.57. The lowest BCUT2D eigenvalue weighted by molar-refractivity contribution is -0.0538. The Kier molecular flexibility index (Phi) is 6.56. The van der Waals surface area contributed by atoms with Crippen LogP contribution in [0.1, 0.15) is 119 Å². The second-order valence-corrected chi connectivity index (χ2v) is 13.5. The van der Waals surface area contributed by atoms with Gasteiger partial charge in [-0.15, -0.1) is 0 Å². The van der Waals surface area contributed by atoms with Crippen molar-refractivity contribution in [1.29, 1.82) is 0 Å². The SMILES string of the molecule is CC(C)CCC[C@@H](C)[C@H]1CCC2C3CC=C4CC(C(C)C)CC[C@]4(C)C3CC[C@@]21C. The molecule has 4 rings (SSSR count). The van der Waals surface area contributed by atoms with Crippen molar-refractivity contribution in [3.8, 4) is 0 Å². The third-order valence-electron chi connectivity index (χ3n) is 11.3. The van der Waals surface area contributed by atoms with Crippen LogP contribution < -0.4 is 0 Å². The molecule has 3 saturated carbocycles. The van der Waals surface area contributed by atoms with E-state index in [0.29, 0.717) is 10.8 Å². The molecule has 4 aliphatic rings. The van der Waals surface area contributed by atoms with Crippen molar-refractivity contribution >= 4 is 0 Å². The maximum absolute atomic E-state index is 2.78. The van der Waals surface area contributed by atoms with E-state index in [0.717, 1.165) is 47.3 Å². The predicted molar refractivity (Wildman–Crippen MR) is 131 cm³/mol. The summed E-state index contributed by atoms with van der Waals surface area (Å²) in [5, 5.41) is 0. The van der Waals surface area contributed by atoms with Gasteiger partial charge in [-0.1, -0.05) is 79.4 Å². The van der Waals surface area contributed by atoms with Crippen molar-refractivity contribution in [2.75, 3.05) is 0 Å². The Balaban J connectivity index is 1.48. The van der Waals surface area contributed by atoms with Crippen LogP contribution in [0.15, 0.2) is 11.6 Å². The molecule has 4 aliphatic carbocycles. The molecule has 0 aromatic rings. The molecule has 0 aromatic carbocycles. The maximum Gasteiger partial charge on any atom is -0.00851 e. The van der Waals surface area contributed by atoms with Crippen LogP contribution in [0.25, 0.3) is 0 Å². The Morgan fingerprint density at radius 2 is 1.67 bits per heavy atom. The van der Waals surface area contributed by atoms with Gasteiger partial charge >= 0.3 is 0 Å². The van der Waals surface area contributed by atoms with E-state index in [1.54, 1.807) is 0 Å². The summed E-state index contributed by atoms with van der Waals surface area (Å²) in [7, 11) is 0. The third-order valence-corrected chi connectivity index (χ3v) is 11.3. The second-order valence-electron chi connectivity index (χ2n) is 13.5. The number of allylic oxidation sites excluding steroid dienone is 2. The number of rotatable bonds is 6. The molecule has 8 atom stereocenters. The normalized spacial score (nSPS) is 44.4. The summed E-state index contributed by atoms with van der Waals surface area (Å²) in [4.78, 5) is 0. The lowest BCUT2D eigenvalue weighted by Crippen LogP contribution is -2.50. The molecule has 0 aromatic heterocycles. The highest BCUT2D eigenvalue weighted by atomic mass is 14.6. The van der Waals surface area contributed by atoms with Crippen LogP contribution in [-0.2, 0) is 0 Å². The van der Waals surface area contributed by atoms with E-state index >= 15 is 0 Å². The summed E-state index contributed by atoms with van der Waals surface area (Å²) in [5.41, 5.74) is 3.06. The fourth-order valence-corrected chi connectivity index (χ4v) is 9.28. The van der Waals surface area contributed by atoms with Crippen molar-refractivity contribution in [2.45, 2.75) is 119 Å². The van der Waals surface area contributed by atoms with Crippen molar-refractivity contribution < 1.29 is 0 Å². The molecule has 0 bridgehead atoms. The molecule has 172 valence electrons. The summed E-state index contributed by atoms with van der Waals surface area (Å²) < 4.78 is 0. The monoisotopic (exact) mass is 412 g/mol. The zero-order valence-corrected chi connectivity index (χ0v) is 21.5. The van der Waals surface area contributed by atoms with Gasteiger partial charge in [-0.25, -0.2) is 0 Å². The van der Waals surface area contributed by atoms with E-state index in [1.807, 2.05) is 5.57 Å². The van der Waals surface area contributed by atoms with Crippen molar-refractivity contribution in [2.24, 2.45) is 58.2 Å². The van der Waals surface area contributed by atoms with Gasteiger partial charge < -0.3 is 0 Å². The topological polar surface area (TPSA) is 0 Å². The van der Waals surface area contributed by atoms with Gasteiger partial charge in [0.25, 0.3) is 0 Å². The molecule has 0 radical (unpaired) electrons. The first-order chi connectivity index (χ1) is 14.2. The van der Waals surface area contributed by atoms with Gasteiger partial charge in [-0.3, -0.25) is 0 Å². The zero-order valence-electron chi connectivity index (χ0n) is 21.5. The Hall–Kier alpha value is -0.260. The van der Waals surface area contributed by atoms with Gasteiger partial charge in [0.1, 0.15) is 0 Å². The van der Waals surface area contributed by atoms with Crippen LogP contribution >= 0.6 is 0 Å². The minimum atomic E-state index is 0.538. The molecule has 0 heteroatoms. The standard InChI is InChI=1S/C30H52/c1-20(2)9-8-10-22(5)26-13-14-27-25-12-11-24-19-23(21(3)4)15-17-29(24,6)28(25)16-18-30(26,27)7/h11,20-23,25-28H,8-10,12-19H2,1-7H3/t22-,23?,25?,26-,27?,28?,29+,30-/m1/s1. The first-order valence-corrected chi connectivity index (χ1v) is 13.9. The quantitative estimate of drug-likeness (QED) is 0.381. The Morgan fingerprint density at radius 3 is 2.37 bits per heavy atom. The lowest BCUT2D eigenvalue weighted by atomic mass is 9.46. The Bertz CT molecular complexity index is 626. The molecule has 3 fully saturated rings. The molecule has 30 heavy (non-hydrogen) atoms. The number of fused-ring (bicyclic) bond motifs is 5. The summed E-state index contributed by atoms with van der Waals surface area (Å²) >= 11 is 0. The van der Waals surface area contributed by atoms with Gasteiger partial charge in [-0.2, -0.15) is 0 Å². The molecular formula is C30H52. The van der Waals surface area contributed by atoms with Crippen molar-refractivity contribution in [1.82, 2.24) is 0 Å². The van der Waals surface area contributed by atoms with Gasteiger partial charge in [0, 0.05) is 0 Å². The Morgan fingerprint density at radius 1 is 0.900 bits per heavy atom. The molecule has 0 nitrogen and oxygen atoms in total. The first kappa shape index (κ1) is 22.9. The predicted octanol–water partition coefficient (Wildman–Crippen LogP) is 9.30. The van der Waals surface area contributed by atoms with E-state index in [9.17, 15) is 0 Å². The first-order valence-electron chi connectivity index (χ1n) is 13.9. The van der Waals surface area contributed by atoms with E-state index in [4.69, 9.17) is 0 Å². The van der Waals surface area contributed by atoms with Gasteiger partial charge in [0.05, 0.1) is 0 Å². The fraction of sp³-hybridized carbons (Fsp3) is 0.933. The largest absolute Gasteiger partial charge is 0.0845 e. The van der Waals surface area contributed by atoms with E-state index in [1.165, 1.54) is 70.6 Å². The van der Waals surface area contributed by atoms with E-state index in [-0.39, 0.29) is 0 Å². The average molecular weight is 413 g/mol. The van der Waals surface area contributed by atoms with Crippen LogP contribution in [0.5, 0.6) is 0 Å². The van der Waals surface area contributed by atoms with Crippen LogP contribution in [-0.4, -0.2) is 0 Å². The van der Waals surface area contributed by atoms with Crippen LogP contribution in [0.3, 0.4) is 0 Å². The van der Waals surface area contributed by atoms with E-state index in [2.05, 4.69) is 54.5 Å². The molecule has 0 amide bonds. The number of hydrogen-bond donors (Lipinski definition) is 0. The second kappa shape index (κ2) is 8.59. The molecule has 0 N–H and O–H groups in total. The van der Waals surface area contributed by atoms with Crippen LogP contribution in [0, 0.1) is 58.2 Å². The van der Waals surface area contributed by atoms with Gasteiger partial charge in [0.15, 0.2) is 0 Å². The van der Waals surface area contributed by atoms with Crippen LogP contribution in [0.2, 0.25) is 0 Å². The zero-order chi connectivity index (χ0) is 21.7. The van der Waals surface area contributed by atoms with Crippen molar-refractivity contribution in [3.05, 3.63) is 11.6 Å². The summed E-state index contributed by atoms with van der Waals surface area (Å²) in [6.45, 7) is 17.7. The minimum absolute atomic E-state index is 0.538. The van der Waals surface area contributed by atoms with Crippen LogP contribution in [0.4, 0.5) is 0 Å². The lowest BCUT2D eigenvalue weighted by Gasteiger charge is -2.59. The third kappa shape index (κ3) is 3.85. The summed E-state index contributed by atoms with van der Waals surface area (Å²) in [6, 6.07) is 0. The highest BCUT2D eigenvalue weighted by molar-refractivity contribution is 5.25. The molecule has 0 spiro atoms. The van der Waals surface area contributed by atoms with E-state index < -0.39 is 0 Å². The molecule has 0 saturated heterocycles. The fourth-order valence-electron chi connectivity index (χ4n) is 9.28. The minimum Gasteiger partial charge on any atom is -0.0845 e. The average Bonchev–Trinajstić information content (AvgIpc) is 3.04. The highest BCUT2D eigenvalue weighted by Gasteiger charge is 2.59. The van der Waals surface area contributed by atoms with Gasteiger partial charge in [0.2, 0.25) is 0 Å². The maximum atomic E-state index is 2.78. The number of hydrogen-bond acceptors (Lipinski definition) is 0.